The van der Waals surface area contributed by atoms with Gasteiger partial charge in [0.15, 0.2) is 0 Å². The van der Waals surface area contributed by atoms with Crippen LogP contribution in [0, 0.1) is 11.6 Å². The van der Waals surface area contributed by atoms with Crippen molar-refractivity contribution >= 4 is 11.4 Å². The number of anilines is 2. The third-order valence-electron chi connectivity index (χ3n) is 6.97. The molecule has 3 N–H and O–H groups in total. The van der Waals surface area contributed by atoms with Crippen molar-refractivity contribution in [3.63, 3.8) is 0 Å². The van der Waals surface area contributed by atoms with E-state index in [-0.39, 0.29) is 12.0 Å². The van der Waals surface area contributed by atoms with Crippen LogP contribution in [0.4, 0.5) is 28.9 Å². The number of rotatable bonds is 13. The Morgan fingerprint density at radius 1 is 0.902 bits per heavy atom. The fourth-order valence-electron chi connectivity index (χ4n) is 4.64. The number of benzene rings is 3. The number of aryl methyl sites for hydroxylation is 1. The third-order valence-corrected chi connectivity index (χ3v) is 6.97. The molecule has 0 saturated heterocycles. The van der Waals surface area contributed by atoms with Crippen LogP contribution in [0.1, 0.15) is 76.1 Å². The average Bonchev–Trinajstić information content (AvgIpc) is 2.95. The number of aliphatic hydroxyl groups is 1. The van der Waals surface area contributed by atoms with Gasteiger partial charge in [-0.15, -0.1) is 0 Å². The monoisotopic (exact) mass is 572 g/mol. The molecule has 0 aliphatic rings. The van der Waals surface area contributed by atoms with E-state index < -0.39 is 23.0 Å². The highest BCUT2D eigenvalue weighted by molar-refractivity contribution is 5.62. The molecule has 0 saturated carbocycles. The van der Waals surface area contributed by atoms with Gasteiger partial charge in [0.05, 0.1) is 0 Å². The van der Waals surface area contributed by atoms with E-state index in [1.165, 1.54) is 31.2 Å². The Hall–Kier alpha value is -3.32. The number of halogens is 4. The topological polar surface area (TPSA) is 44.3 Å². The lowest BCUT2D eigenvalue weighted by molar-refractivity contribution is -0.00829. The second kappa shape index (κ2) is 15.6. The molecule has 0 fully saturated rings. The number of nitrogens with one attached hydrogen (secondary N) is 2. The highest BCUT2D eigenvalue weighted by Gasteiger charge is 2.28. The van der Waals surface area contributed by atoms with Gasteiger partial charge in [-0.2, -0.15) is 0 Å². The van der Waals surface area contributed by atoms with E-state index in [2.05, 4.69) is 36.6 Å². The molecular weight excluding hydrogens is 528 g/mol. The first-order valence-corrected chi connectivity index (χ1v) is 14.2. The van der Waals surface area contributed by atoms with Crippen LogP contribution in [0.5, 0.6) is 0 Å². The van der Waals surface area contributed by atoms with Crippen LogP contribution >= 0.6 is 0 Å². The standard InChI is InChI=1S/C33H40F4N2.CH4O/c1-6-9-24-20-28(16-18-31(24)38-22-32(4,5)29-21-26(34)15-17-30(29)35)39-27(10-7-2)19-23-11-13-25(14-12-23)33(36,37)8-3;1-2/h10-18,20-21,38-39H,6-9,19,22H2,1-5H3;2H,1H3/b27-10-;. The van der Waals surface area contributed by atoms with Gasteiger partial charge in [-0.05, 0) is 65.9 Å². The van der Waals surface area contributed by atoms with Gasteiger partial charge in [0.2, 0.25) is 0 Å². The smallest absolute Gasteiger partial charge is 0.273 e. The summed E-state index contributed by atoms with van der Waals surface area (Å²) in [5.74, 6) is -3.68. The predicted molar refractivity (Wildman–Crippen MR) is 163 cm³/mol. The minimum Gasteiger partial charge on any atom is -0.400 e. The molecule has 0 amide bonds. The second-order valence-corrected chi connectivity index (χ2v) is 10.7. The van der Waals surface area contributed by atoms with Crippen LogP contribution in [-0.4, -0.2) is 18.8 Å². The lowest BCUT2D eigenvalue weighted by Crippen LogP contribution is -2.29. The van der Waals surface area contributed by atoms with E-state index in [4.69, 9.17) is 5.11 Å². The molecule has 0 aliphatic heterocycles. The van der Waals surface area contributed by atoms with Crippen LogP contribution in [0.2, 0.25) is 0 Å². The van der Waals surface area contributed by atoms with Crippen LogP contribution < -0.4 is 10.6 Å². The highest BCUT2D eigenvalue weighted by Crippen LogP contribution is 2.32. The van der Waals surface area contributed by atoms with Gasteiger partial charge >= 0.3 is 0 Å². The molecule has 7 heteroatoms. The summed E-state index contributed by atoms with van der Waals surface area (Å²) in [6, 6.07) is 16.2. The zero-order valence-corrected chi connectivity index (χ0v) is 25.1. The molecule has 3 aromatic carbocycles. The van der Waals surface area contributed by atoms with Gasteiger partial charge in [0.25, 0.3) is 5.92 Å². The minimum atomic E-state index is -2.81. The lowest BCUT2D eigenvalue weighted by Gasteiger charge is -2.27. The van der Waals surface area contributed by atoms with Crippen molar-refractivity contribution in [1.82, 2.24) is 0 Å². The Morgan fingerprint density at radius 2 is 1.59 bits per heavy atom. The maximum Gasteiger partial charge on any atom is 0.273 e. The first-order chi connectivity index (χ1) is 19.5. The average molecular weight is 573 g/mol. The van der Waals surface area contributed by atoms with E-state index in [1.54, 1.807) is 12.1 Å². The molecule has 3 aromatic rings. The molecule has 3 nitrogen and oxygen atoms in total. The normalized spacial score (nSPS) is 12.0. The van der Waals surface area contributed by atoms with Crippen molar-refractivity contribution in [3.05, 3.63) is 106 Å². The summed E-state index contributed by atoms with van der Waals surface area (Å²) < 4.78 is 56.2. The van der Waals surface area contributed by atoms with Gasteiger partial charge < -0.3 is 15.7 Å². The van der Waals surface area contributed by atoms with Crippen molar-refractivity contribution < 1.29 is 22.7 Å². The summed E-state index contributed by atoms with van der Waals surface area (Å²) in [5.41, 5.74) is 4.73. The maximum absolute atomic E-state index is 14.4. The highest BCUT2D eigenvalue weighted by atomic mass is 19.3. The predicted octanol–water partition coefficient (Wildman–Crippen LogP) is 9.37. The molecule has 0 radical (unpaired) electrons. The lowest BCUT2D eigenvalue weighted by atomic mass is 9.84. The van der Waals surface area contributed by atoms with Gasteiger partial charge in [0.1, 0.15) is 11.6 Å². The van der Waals surface area contributed by atoms with E-state index in [1.807, 2.05) is 26.0 Å². The maximum atomic E-state index is 14.4. The van der Waals surface area contributed by atoms with Crippen molar-refractivity contribution in [2.24, 2.45) is 0 Å². The summed E-state index contributed by atoms with van der Waals surface area (Å²) in [5, 5.41) is 14.0. The van der Waals surface area contributed by atoms with Crippen molar-refractivity contribution in [2.45, 2.75) is 78.1 Å². The van der Waals surface area contributed by atoms with Crippen LogP contribution in [0.15, 0.2) is 72.4 Å². The summed E-state index contributed by atoms with van der Waals surface area (Å²) in [7, 11) is 1.00. The van der Waals surface area contributed by atoms with Gasteiger partial charge in [-0.1, -0.05) is 71.4 Å². The van der Waals surface area contributed by atoms with E-state index in [9.17, 15) is 17.6 Å². The molecule has 0 atom stereocenters. The molecule has 0 unspecified atom stereocenters. The molecule has 3 rings (SSSR count). The number of allylic oxidation sites excluding steroid dienone is 2. The minimum absolute atomic E-state index is 0.0401. The fraction of sp³-hybridized carbons (Fsp3) is 0.412. The van der Waals surface area contributed by atoms with Gasteiger partial charge in [-0.3, -0.25) is 0 Å². The zero-order chi connectivity index (χ0) is 30.6. The number of hydrogen-bond acceptors (Lipinski definition) is 3. The number of aliphatic hydroxyl groups excluding tert-OH is 1. The Morgan fingerprint density at radius 3 is 2.20 bits per heavy atom. The van der Waals surface area contributed by atoms with Crippen molar-refractivity contribution in [3.8, 4) is 0 Å². The summed E-state index contributed by atoms with van der Waals surface area (Å²) in [6.45, 7) is 9.88. The fourth-order valence-corrected chi connectivity index (χ4v) is 4.64. The summed E-state index contributed by atoms with van der Waals surface area (Å²) >= 11 is 0. The largest absolute Gasteiger partial charge is 0.400 e. The molecular formula is C34H44F4N2O. The Labute approximate surface area is 242 Å². The van der Waals surface area contributed by atoms with Crippen LogP contribution in [0.3, 0.4) is 0 Å². The Kier molecular flexibility index (Phi) is 12.9. The Balaban J connectivity index is 0.00000287. The number of hydrogen-bond donors (Lipinski definition) is 3. The van der Waals surface area contributed by atoms with Gasteiger partial charge in [0, 0.05) is 54.5 Å². The zero-order valence-electron chi connectivity index (χ0n) is 25.1. The molecule has 224 valence electrons. The van der Waals surface area contributed by atoms with Crippen LogP contribution in [0.25, 0.3) is 0 Å². The first kappa shape index (κ1) is 33.9. The van der Waals surface area contributed by atoms with E-state index in [0.29, 0.717) is 18.5 Å². The first-order valence-electron chi connectivity index (χ1n) is 14.2. The third kappa shape index (κ3) is 9.63. The Bertz CT molecular complexity index is 1270. The quantitative estimate of drug-likeness (QED) is 0.179. The van der Waals surface area contributed by atoms with E-state index >= 15 is 0 Å². The molecule has 0 aliphatic carbocycles. The van der Waals surface area contributed by atoms with Crippen LogP contribution in [-0.2, 0) is 24.2 Å². The molecule has 0 heterocycles. The second-order valence-electron chi connectivity index (χ2n) is 10.7. The number of alkyl halides is 2. The van der Waals surface area contributed by atoms with Gasteiger partial charge in [-0.25, -0.2) is 17.6 Å². The molecule has 0 aromatic heterocycles. The molecule has 0 spiro atoms. The molecule has 0 bridgehead atoms. The van der Waals surface area contributed by atoms with Crippen molar-refractivity contribution in [2.75, 3.05) is 24.3 Å². The SMILES string of the molecule is CC/C=C(/Cc1ccc(C(F)(F)CC)cc1)Nc1ccc(NCC(C)(C)c2cc(F)ccc2F)c(CCC)c1.CO. The van der Waals surface area contributed by atoms with E-state index in [0.717, 1.165) is 60.6 Å². The van der Waals surface area contributed by atoms with Crippen molar-refractivity contribution in [1.29, 1.82) is 0 Å². The summed E-state index contributed by atoms with van der Waals surface area (Å²) in [4.78, 5) is 0. The summed E-state index contributed by atoms with van der Waals surface area (Å²) in [6.07, 6.45) is 5.12. The molecule has 41 heavy (non-hydrogen) atoms.